The van der Waals surface area contributed by atoms with Crippen LogP contribution < -0.4 is 5.56 Å². The van der Waals surface area contributed by atoms with Gasteiger partial charge in [-0.15, -0.1) is 32.9 Å². The molecule has 5 rings (SSSR count). The Morgan fingerprint density at radius 1 is 1.17 bits per heavy atom. The lowest BCUT2D eigenvalue weighted by Crippen LogP contribution is -2.19. The summed E-state index contributed by atoms with van der Waals surface area (Å²) in [5.74, 6) is 1.30. The minimum Gasteiger partial charge on any atom is -0.420 e. The van der Waals surface area contributed by atoms with E-state index in [1.54, 1.807) is 35.1 Å². The van der Waals surface area contributed by atoms with Crippen molar-refractivity contribution >= 4 is 56.3 Å². The number of hydrogen-bond donors (Lipinski definition) is 0. The van der Waals surface area contributed by atoms with Crippen LogP contribution in [0.3, 0.4) is 0 Å². The Morgan fingerprint density at radius 3 is 2.77 bits per heavy atom. The number of rotatable bonds is 5. The summed E-state index contributed by atoms with van der Waals surface area (Å²) in [4.78, 5) is 19.5. The fourth-order valence-corrected chi connectivity index (χ4v) is 5.68. The van der Waals surface area contributed by atoms with Crippen LogP contribution in [0.15, 0.2) is 61.5 Å². The van der Waals surface area contributed by atoms with Crippen molar-refractivity contribution in [3.8, 4) is 21.9 Å². The highest BCUT2D eigenvalue weighted by Crippen LogP contribution is 2.34. The molecule has 0 aliphatic carbocycles. The molecule has 1 aromatic carbocycles. The highest BCUT2D eigenvalue weighted by molar-refractivity contribution is 7.98. The first-order chi connectivity index (χ1) is 14.6. The molecule has 0 saturated heterocycles. The average molecular weight is 473 g/mol. The molecular formula is C20H13ClN4O2S3. The number of fused-ring (bicyclic) bond motifs is 1. The summed E-state index contributed by atoms with van der Waals surface area (Å²) < 4.78 is 7.32. The van der Waals surface area contributed by atoms with Crippen molar-refractivity contribution in [1.29, 1.82) is 0 Å². The second kappa shape index (κ2) is 7.99. The fourth-order valence-electron chi connectivity index (χ4n) is 2.94. The second-order valence-electron chi connectivity index (χ2n) is 6.36. The summed E-state index contributed by atoms with van der Waals surface area (Å²) in [6.07, 6.45) is 0. The molecule has 0 aliphatic rings. The van der Waals surface area contributed by atoms with Gasteiger partial charge in [0.1, 0.15) is 4.83 Å². The molecule has 150 valence electrons. The van der Waals surface area contributed by atoms with Gasteiger partial charge in [0.2, 0.25) is 11.8 Å². The van der Waals surface area contributed by atoms with Crippen molar-refractivity contribution in [2.24, 2.45) is 7.05 Å². The van der Waals surface area contributed by atoms with Crippen molar-refractivity contribution in [2.45, 2.75) is 10.9 Å². The Hall–Kier alpha value is -2.46. The molecule has 6 nitrogen and oxygen atoms in total. The predicted octanol–water partition coefficient (Wildman–Crippen LogP) is 5.72. The van der Waals surface area contributed by atoms with Crippen LogP contribution in [0.25, 0.3) is 32.1 Å². The van der Waals surface area contributed by atoms with Crippen molar-refractivity contribution in [3.63, 3.8) is 0 Å². The average Bonchev–Trinajstić information content (AvgIpc) is 3.50. The van der Waals surface area contributed by atoms with Crippen LogP contribution in [-0.2, 0) is 12.8 Å². The van der Waals surface area contributed by atoms with Gasteiger partial charge in [0.25, 0.3) is 5.56 Å². The van der Waals surface area contributed by atoms with Crippen LogP contribution in [0.5, 0.6) is 0 Å². The number of hydrogen-bond acceptors (Lipinski definition) is 8. The quantitative estimate of drug-likeness (QED) is 0.240. The SMILES string of the molecule is Cn1c(SCc2nnc(-c3ccc(Cl)cc3)o2)nc2scc(-c3cccs3)c2c1=O. The molecule has 4 heterocycles. The Labute approximate surface area is 188 Å². The number of thioether (sulfide) groups is 1. The largest absolute Gasteiger partial charge is 0.420 e. The smallest absolute Gasteiger partial charge is 0.263 e. The Kier molecular flexibility index (Phi) is 5.20. The second-order valence-corrected chi connectivity index (χ2v) is 9.55. The van der Waals surface area contributed by atoms with Gasteiger partial charge in [0.05, 0.1) is 11.1 Å². The van der Waals surface area contributed by atoms with E-state index in [4.69, 9.17) is 21.0 Å². The fraction of sp³-hybridized carbons (Fsp3) is 0.100. The molecule has 0 spiro atoms. The molecule has 0 amide bonds. The van der Waals surface area contributed by atoms with Gasteiger partial charge >= 0.3 is 0 Å². The van der Waals surface area contributed by atoms with Crippen molar-refractivity contribution in [2.75, 3.05) is 0 Å². The molecule has 4 aromatic heterocycles. The lowest BCUT2D eigenvalue weighted by atomic mass is 10.2. The molecular weight excluding hydrogens is 460 g/mol. The maximum Gasteiger partial charge on any atom is 0.263 e. The molecule has 0 radical (unpaired) electrons. The van der Waals surface area contributed by atoms with E-state index in [9.17, 15) is 4.79 Å². The monoisotopic (exact) mass is 472 g/mol. The van der Waals surface area contributed by atoms with Crippen molar-refractivity contribution < 1.29 is 4.42 Å². The summed E-state index contributed by atoms with van der Waals surface area (Å²) >= 11 is 10.4. The first-order valence-corrected chi connectivity index (χ1v) is 12.0. The zero-order valence-corrected chi connectivity index (χ0v) is 18.7. The molecule has 10 heteroatoms. The maximum absolute atomic E-state index is 13.0. The first kappa shape index (κ1) is 19.5. The highest BCUT2D eigenvalue weighted by atomic mass is 35.5. The van der Waals surface area contributed by atoms with Crippen LogP contribution in [0, 0.1) is 0 Å². The summed E-state index contributed by atoms with van der Waals surface area (Å²) in [6, 6.07) is 11.2. The molecule has 0 saturated carbocycles. The van der Waals surface area contributed by atoms with E-state index < -0.39 is 0 Å². The van der Waals surface area contributed by atoms with Gasteiger partial charge in [0, 0.05) is 33.5 Å². The number of aromatic nitrogens is 4. The Morgan fingerprint density at radius 2 is 2.00 bits per heavy atom. The number of halogens is 1. The normalized spacial score (nSPS) is 11.4. The maximum atomic E-state index is 13.0. The van der Waals surface area contributed by atoms with Gasteiger partial charge < -0.3 is 4.42 Å². The van der Waals surface area contributed by atoms with Gasteiger partial charge in [-0.05, 0) is 35.7 Å². The topological polar surface area (TPSA) is 73.8 Å². The molecule has 5 aromatic rings. The minimum atomic E-state index is -0.0560. The Balaban J connectivity index is 1.41. The van der Waals surface area contributed by atoms with Gasteiger partial charge in [-0.25, -0.2) is 4.98 Å². The van der Waals surface area contributed by atoms with E-state index in [2.05, 4.69) is 10.2 Å². The van der Waals surface area contributed by atoms with Crippen LogP contribution in [0.1, 0.15) is 5.89 Å². The number of nitrogens with zero attached hydrogens (tertiary/aromatic N) is 4. The van der Waals surface area contributed by atoms with Crippen LogP contribution in [-0.4, -0.2) is 19.7 Å². The van der Waals surface area contributed by atoms with Crippen molar-refractivity contribution in [1.82, 2.24) is 19.7 Å². The van der Waals surface area contributed by atoms with Crippen LogP contribution in [0.4, 0.5) is 0 Å². The first-order valence-electron chi connectivity index (χ1n) is 8.83. The van der Waals surface area contributed by atoms with Crippen molar-refractivity contribution in [3.05, 3.63) is 68.4 Å². The predicted molar refractivity (Wildman–Crippen MR) is 122 cm³/mol. The standard InChI is InChI=1S/C20H13ClN4O2S3/c1-25-19(26)16-13(14-3-2-8-28-14)9-29-18(16)22-20(25)30-10-15-23-24-17(27-15)11-4-6-12(21)7-5-11/h2-9H,10H2,1H3. The zero-order chi connectivity index (χ0) is 20.7. The summed E-state index contributed by atoms with van der Waals surface area (Å²) in [7, 11) is 1.74. The number of benzene rings is 1. The van der Waals surface area contributed by atoms with E-state index in [-0.39, 0.29) is 5.56 Å². The molecule has 30 heavy (non-hydrogen) atoms. The summed E-state index contributed by atoms with van der Waals surface area (Å²) in [6.45, 7) is 0. The third kappa shape index (κ3) is 3.58. The highest BCUT2D eigenvalue weighted by Gasteiger charge is 2.17. The minimum absolute atomic E-state index is 0.0560. The Bertz CT molecular complexity index is 1390. The third-order valence-corrected chi connectivity index (χ3v) is 7.49. The van der Waals surface area contributed by atoms with Gasteiger partial charge in [-0.3, -0.25) is 9.36 Å². The van der Waals surface area contributed by atoms with E-state index in [0.717, 1.165) is 20.8 Å². The zero-order valence-electron chi connectivity index (χ0n) is 15.5. The summed E-state index contributed by atoms with van der Waals surface area (Å²) in [5.41, 5.74) is 1.69. The lowest BCUT2D eigenvalue weighted by molar-refractivity contribution is 0.528. The van der Waals surface area contributed by atoms with Gasteiger partial charge in [0.15, 0.2) is 5.16 Å². The molecule has 0 aliphatic heterocycles. The van der Waals surface area contributed by atoms with E-state index in [1.807, 2.05) is 35.0 Å². The molecule has 0 unspecified atom stereocenters. The number of thiophene rings is 2. The molecule has 0 fully saturated rings. The van der Waals surface area contributed by atoms with E-state index in [0.29, 0.717) is 33.1 Å². The van der Waals surface area contributed by atoms with Crippen LogP contribution in [0.2, 0.25) is 5.02 Å². The lowest BCUT2D eigenvalue weighted by Gasteiger charge is -2.06. The molecule has 0 N–H and O–H groups in total. The third-order valence-electron chi connectivity index (χ3n) is 4.44. The molecule has 0 atom stereocenters. The van der Waals surface area contributed by atoms with Crippen LogP contribution >= 0.6 is 46.0 Å². The summed E-state index contributed by atoms with van der Waals surface area (Å²) in [5, 5.41) is 14.1. The van der Waals surface area contributed by atoms with Gasteiger partial charge in [-0.2, -0.15) is 0 Å². The molecule has 0 bridgehead atoms. The van der Waals surface area contributed by atoms with E-state index in [1.165, 1.54) is 23.1 Å². The van der Waals surface area contributed by atoms with E-state index >= 15 is 0 Å². The van der Waals surface area contributed by atoms with Gasteiger partial charge in [-0.1, -0.05) is 29.4 Å².